The zero-order valence-electron chi connectivity index (χ0n) is 15.1. The summed E-state index contributed by atoms with van der Waals surface area (Å²) in [5.41, 5.74) is 1.62. The maximum absolute atomic E-state index is 13.1. The van der Waals surface area contributed by atoms with Crippen LogP contribution in [-0.2, 0) is 6.42 Å². The lowest BCUT2D eigenvalue weighted by Gasteiger charge is -2.23. The Kier molecular flexibility index (Phi) is 4.70. The maximum Gasteiger partial charge on any atom is 0.201 e. The van der Waals surface area contributed by atoms with Gasteiger partial charge in [0.25, 0.3) is 0 Å². The first-order valence-electron chi connectivity index (χ1n) is 8.15. The van der Waals surface area contributed by atoms with Gasteiger partial charge in [0.1, 0.15) is 17.2 Å². The van der Waals surface area contributed by atoms with Gasteiger partial charge in [-0.15, -0.1) is 0 Å². The Morgan fingerprint density at radius 1 is 0.846 bits per heavy atom. The van der Waals surface area contributed by atoms with Crippen LogP contribution < -0.4 is 14.2 Å². The van der Waals surface area contributed by atoms with E-state index in [-0.39, 0.29) is 39.6 Å². The molecular weight excluding hydrogens is 336 g/mol. The molecule has 1 unspecified atom stereocenters. The summed E-state index contributed by atoms with van der Waals surface area (Å²) in [4.78, 5) is 26.3. The van der Waals surface area contributed by atoms with Gasteiger partial charge >= 0.3 is 0 Å². The van der Waals surface area contributed by atoms with Gasteiger partial charge in [0, 0.05) is 17.2 Å². The van der Waals surface area contributed by atoms with Crippen molar-refractivity contribution in [1.82, 2.24) is 0 Å². The van der Waals surface area contributed by atoms with Crippen LogP contribution in [0.25, 0.3) is 0 Å². The molecule has 2 aromatic carbocycles. The second-order valence-corrected chi connectivity index (χ2v) is 6.18. The van der Waals surface area contributed by atoms with E-state index in [0.717, 1.165) is 5.56 Å². The fraction of sp³-hybridized carbons (Fsp3) is 0.300. The Morgan fingerprint density at radius 3 is 1.96 bits per heavy atom. The van der Waals surface area contributed by atoms with Crippen LogP contribution >= 0.6 is 0 Å². The molecule has 6 nitrogen and oxygen atoms in total. The fourth-order valence-corrected chi connectivity index (χ4v) is 3.26. The smallest absolute Gasteiger partial charge is 0.201 e. The van der Waals surface area contributed by atoms with Crippen molar-refractivity contribution in [2.75, 3.05) is 21.3 Å². The lowest BCUT2D eigenvalue weighted by Crippen LogP contribution is -2.23. The predicted octanol–water partition coefficient (Wildman–Crippen LogP) is 2.41. The van der Waals surface area contributed by atoms with E-state index in [2.05, 4.69) is 0 Å². The molecule has 0 heterocycles. The molecule has 1 aliphatic rings. The van der Waals surface area contributed by atoms with Crippen LogP contribution in [-0.4, -0.2) is 44.1 Å². The number of rotatable bonds is 5. The lowest BCUT2D eigenvalue weighted by molar-refractivity contribution is 0.0973. The number of methoxy groups -OCH3 is 3. The topological polar surface area (TPSA) is 82.1 Å². The van der Waals surface area contributed by atoms with E-state index in [9.17, 15) is 14.7 Å². The molecule has 0 saturated carbocycles. The largest absolute Gasteiger partial charge is 0.497 e. The first kappa shape index (κ1) is 17.9. The zero-order chi connectivity index (χ0) is 19.0. The summed E-state index contributed by atoms with van der Waals surface area (Å²) in [6, 6.07) is 6.43. The summed E-state index contributed by atoms with van der Waals surface area (Å²) >= 11 is 0. The van der Waals surface area contributed by atoms with Crippen molar-refractivity contribution in [3.05, 3.63) is 52.1 Å². The third-order valence-electron chi connectivity index (χ3n) is 4.39. The van der Waals surface area contributed by atoms with Crippen molar-refractivity contribution < 1.29 is 28.9 Å². The molecule has 136 valence electrons. The molecule has 0 amide bonds. The summed E-state index contributed by atoms with van der Waals surface area (Å²) < 4.78 is 15.9. The van der Waals surface area contributed by atoms with Crippen molar-refractivity contribution in [2.24, 2.45) is 0 Å². The van der Waals surface area contributed by atoms with Crippen LogP contribution in [0.3, 0.4) is 0 Å². The average Bonchev–Trinajstić information content (AvgIpc) is 2.63. The van der Waals surface area contributed by atoms with Crippen molar-refractivity contribution >= 4 is 11.6 Å². The van der Waals surface area contributed by atoms with Gasteiger partial charge in [-0.3, -0.25) is 9.59 Å². The minimum Gasteiger partial charge on any atom is -0.497 e. The van der Waals surface area contributed by atoms with Gasteiger partial charge in [-0.25, -0.2) is 0 Å². The van der Waals surface area contributed by atoms with Gasteiger partial charge in [0.15, 0.2) is 5.78 Å². The molecule has 0 radical (unpaired) electrons. The molecule has 1 N–H and O–H groups in total. The van der Waals surface area contributed by atoms with E-state index in [0.29, 0.717) is 17.9 Å². The molecular formula is C20H20O6. The monoisotopic (exact) mass is 356 g/mol. The predicted molar refractivity (Wildman–Crippen MR) is 94.8 cm³/mol. The van der Waals surface area contributed by atoms with Gasteiger partial charge in [-0.2, -0.15) is 0 Å². The molecule has 0 aliphatic heterocycles. The number of aliphatic hydroxyl groups excluding tert-OH is 1. The number of ether oxygens (including phenoxy) is 3. The minimum atomic E-state index is -0.584. The SMILES string of the molecule is COc1cc(OC)c2c(c1)C(=O)c1cc(CC(C)O)cc(OC)c1C2=O. The van der Waals surface area contributed by atoms with Crippen LogP contribution in [0.5, 0.6) is 17.2 Å². The van der Waals surface area contributed by atoms with E-state index in [1.807, 2.05) is 0 Å². The molecule has 1 atom stereocenters. The molecule has 0 spiro atoms. The van der Waals surface area contributed by atoms with Gasteiger partial charge in [-0.05, 0) is 37.1 Å². The molecule has 1 aliphatic carbocycles. The Hall–Kier alpha value is -2.86. The quantitative estimate of drug-likeness (QED) is 0.756. The van der Waals surface area contributed by atoms with Crippen LogP contribution in [0.4, 0.5) is 0 Å². The molecule has 2 aromatic rings. The molecule has 26 heavy (non-hydrogen) atoms. The van der Waals surface area contributed by atoms with E-state index in [1.165, 1.54) is 27.4 Å². The zero-order valence-corrected chi connectivity index (χ0v) is 15.1. The number of fused-ring (bicyclic) bond motifs is 2. The summed E-state index contributed by atoms with van der Waals surface area (Å²) in [6.45, 7) is 1.66. The van der Waals surface area contributed by atoms with E-state index >= 15 is 0 Å². The number of aliphatic hydroxyl groups is 1. The lowest BCUT2D eigenvalue weighted by atomic mass is 9.81. The van der Waals surface area contributed by atoms with Crippen molar-refractivity contribution in [2.45, 2.75) is 19.4 Å². The first-order chi connectivity index (χ1) is 12.4. The second kappa shape index (κ2) is 6.80. The van der Waals surface area contributed by atoms with Gasteiger partial charge < -0.3 is 19.3 Å². The highest BCUT2D eigenvalue weighted by Crippen LogP contribution is 2.40. The minimum absolute atomic E-state index is 0.201. The van der Waals surface area contributed by atoms with Crippen LogP contribution in [0, 0.1) is 0 Å². The van der Waals surface area contributed by atoms with Crippen LogP contribution in [0.1, 0.15) is 44.3 Å². The Labute approximate surface area is 151 Å². The number of hydrogen-bond acceptors (Lipinski definition) is 6. The van der Waals surface area contributed by atoms with Gasteiger partial charge in [0.2, 0.25) is 5.78 Å². The van der Waals surface area contributed by atoms with Crippen LogP contribution in [0.15, 0.2) is 24.3 Å². The number of ketones is 2. The highest BCUT2D eigenvalue weighted by atomic mass is 16.5. The molecule has 0 bridgehead atoms. The molecule has 3 rings (SSSR count). The fourth-order valence-electron chi connectivity index (χ4n) is 3.26. The highest BCUT2D eigenvalue weighted by Gasteiger charge is 2.36. The van der Waals surface area contributed by atoms with Crippen molar-refractivity contribution in [1.29, 1.82) is 0 Å². The average molecular weight is 356 g/mol. The summed E-state index contributed by atoms with van der Waals surface area (Å²) in [5.74, 6) is 0.364. The summed E-state index contributed by atoms with van der Waals surface area (Å²) in [6.07, 6.45) is -0.237. The molecule has 6 heteroatoms. The first-order valence-corrected chi connectivity index (χ1v) is 8.15. The van der Waals surface area contributed by atoms with E-state index in [4.69, 9.17) is 14.2 Å². The van der Waals surface area contributed by atoms with Crippen molar-refractivity contribution in [3.63, 3.8) is 0 Å². The Balaban J connectivity index is 2.27. The molecule has 0 fully saturated rings. The number of hydrogen-bond donors (Lipinski definition) is 1. The van der Waals surface area contributed by atoms with Gasteiger partial charge in [-0.1, -0.05) is 0 Å². The van der Waals surface area contributed by atoms with Gasteiger partial charge in [0.05, 0.1) is 38.6 Å². The normalized spacial score (nSPS) is 13.7. The molecule has 0 aromatic heterocycles. The third kappa shape index (κ3) is 2.82. The third-order valence-corrected chi connectivity index (χ3v) is 4.39. The Morgan fingerprint density at radius 2 is 1.42 bits per heavy atom. The second-order valence-electron chi connectivity index (χ2n) is 6.18. The number of carbonyl (C=O) groups excluding carboxylic acids is 2. The Bertz CT molecular complexity index is 898. The van der Waals surface area contributed by atoms with E-state index < -0.39 is 6.10 Å². The molecule has 0 saturated heterocycles. The maximum atomic E-state index is 13.1. The van der Waals surface area contributed by atoms with Crippen molar-refractivity contribution in [3.8, 4) is 17.2 Å². The number of carbonyl (C=O) groups is 2. The van der Waals surface area contributed by atoms with E-state index in [1.54, 1.807) is 25.1 Å². The summed E-state index contributed by atoms with van der Waals surface area (Å²) in [5, 5.41) is 9.66. The standard InChI is InChI=1S/C20H20O6/c1-10(21)5-11-6-13-17(15(7-11)25-3)20(23)18-14(19(13)22)8-12(24-2)9-16(18)26-4/h6-10,21H,5H2,1-4H3. The number of benzene rings is 2. The summed E-state index contributed by atoms with van der Waals surface area (Å²) in [7, 11) is 4.36. The highest BCUT2D eigenvalue weighted by molar-refractivity contribution is 6.30. The van der Waals surface area contributed by atoms with Crippen LogP contribution in [0.2, 0.25) is 0 Å².